The van der Waals surface area contributed by atoms with Gasteiger partial charge in [0.15, 0.2) is 11.6 Å². The Bertz CT molecular complexity index is 1150. The average molecular weight is 495 g/mol. The second kappa shape index (κ2) is 8.47. The number of piperidine rings is 1. The van der Waals surface area contributed by atoms with Crippen LogP contribution in [0.4, 0.5) is 20.3 Å². The second-order valence-corrected chi connectivity index (χ2v) is 8.67. The van der Waals surface area contributed by atoms with Crippen molar-refractivity contribution in [2.24, 2.45) is 0 Å². The molecule has 1 aliphatic heterocycles. The van der Waals surface area contributed by atoms with Gasteiger partial charge in [0, 0.05) is 34.6 Å². The van der Waals surface area contributed by atoms with E-state index in [1.54, 1.807) is 0 Å². The number of amides is 1. The van der Waals surface area contributed by atoms with Crippen LogP contribution < -0.4 is 10.2 Å². The number of halogens is 4. The Labute approximate surface area is 186 Å². The number of benzene rings is 2. The SMILES string of the molecule is Cc1c(N2CCCCC2)nc2ccc(Br)cc2c1C(=O)Nc1cc(F)c(F)cc1Cl. The molecular formula is C22H19BrClF2N3O. The highest BCUT2D eigenvalue weighted by Crippen LogP contribution is 2.33. The molecule has 0 bridgehead atoms. The number of rotatable bonds is 3. The van der Waals surface area contributed by atoms with Crippen molar-refractivity contribution < 1.29 is 13.6 Å². The minimum absolute atomic E-state index is 0.0134. The van der Waals surface area contributed by atoms with E-state index < -0.39 is 17.5 Å². The summed E-state index contributed by atoms with van der Waals surface area (Å²) in [5, 5.41) is 3.23. The minimum atomic E-state index is -1.08. The van der Waals surface area contributed by atoms with E-state index in [4.69, 9.17) is 16.6 Å². The first kappa shape index (κ1) is 21.0. The maximum atomic E-state index is 13.7. The molecule has 1 aromatic heterocycles. The number of pyridine rings is 1. The summed E-state index contributed by atoms with van der Waals surface area (Å²) in [6, 6.07) is 7.29. The van der Waals surface area contributed by atoms with Crippen LogP contribution in [0.15, 0.2) is 34.8 Å². The van der Waals surface area contributed by atoms with Gasteiger partial charge in [-0.25, -0.2) is 13.8 Å². The minimum Gasteiger partial charge on any atom is -0.356 e. The summed E-state index contributed by atoms with van der Waals surface area (Å²) in [5.41, 5.74) is 1.87. The average Bonchev–Trinajstić information content (AvgIpc) is 2.72. The van der Waals surface area contributed by atoms with Gasteiger partial charge in [-0.1, -0.05) is 27.5 Å². The number of nitrogens with one attached hydrogen (secondary N) is 1. The molecular weight excluding hydrogens is 476 g/mol. The van der Waals surface area contributed by atoms with Crippen molar-refractivity contribution in [2.75, 3.05) is 23.3 Å². The molecule has 1 saturated heterocycles. The molecule has 156 valence electrons. The van der Waals surface area contributed by atoms with Crippen molar-refractivity contribution in [2.45, 2.75) is 26.2 Å². The highest BCUT2D eigenvalue weighted by Gasteiger charge is 2.23. The molecule has 1 fully saturated rings. The van der Waals surface area contributed by atoms with Crippen molar-refractivity contribution in [3.8, 4) is 0 Å². The van der Waals surface area contributed by atoms with Gasteiger partial charge in [-0.15, -0.1) is 0 Å². The van der Waals surface area contributed by atoms with Crippen LogP contribution in [0.3, 0.4) is 0 Å². The maximum Gasteiger partial charge on any atom is 0.256 e. The fourth-order valence-electron chi connectivity index (χ4n) is 3.83. The Hall–Kier alpha value is -2.25. The zero-order chi connectivity index (χ0) is 21.4. The molecule has 0 saturated carbocycles. The fourth-order valence-corrected chi connectivity index (χ4v) is 4.39. The topological polar surface area (TPSA) is 45.2 Å². The van der Waals surface area contributed by atoms with Gasteiger partial charge in [-0.3, -0.25) is 4.79 Å². The Kier molecular flexibility index (Phi) is 5.93. The Balaban J connectivity index is 1.83. The van der Waals surface area contributed by atoms with E-state index >= 15 is 0 Å². The monoisotopic (exact) mass is 493 g/mol. The molecule has 4 rings (SSSR count). The Morgan fingerprint density at radius 3 is 2.57 bits per heavy atom. The van der Waals surface area contributed by atoms with Crippen molar-refractivity contribution in [3.05, 3.63) is 62.6 Å². The molecule has 1 N–H and O–H groups in total. The summed E-state index contributed by atoms with van der Waals surface area (Å²) in [5.74, 6) is -1.84. The number of hydrogen-bond donors (Lipinski definition) is 1. The van der Waals surface area contributed by atoms with Gasteiger partial charge in [0.1, 0.15) is 5.82 Å². The van der Waals surface area contributed by atoms with Gasteiger partial charge in [0.05, 0.1) is 21.8 Å². The third-order valence-electron chi connectivity index (χ3n) is 5.31. The van der Waals surface area contributed by atoms with Gasteiger partial charge in [-0.05, 0) is 50.5 Å². The molecule has 3 aromatic rings. The van der Waals surface area contributed by atoms with Crippen LogP contribution in [-0.4, -0.2) is 24.0 Å². The first-order chi connectivity index (χ1) is 14.3. The van der Waals surface area contributed by atoms with Gasteiger partial charge in [-0.2, -0.15) is 0 Å². The quantitative estimate of drug-likeness (QED) is 0.424. The molecule has 0 radical (unpaired) electrons. The molecule has 0 unspecified atom stereocenters. The molecule has 2 aromatic carbocycles. The molecule has 0 atom stereocenters. The molecule has 4 nitrogen and oxygen atoms in total. The zero-order valence-corrected chi connectivity index (χ0v) is 18.6. The summed E-state index contributed by atoms with van der Waals surface area (Å²) in [6.45, 7) is 3.62. The first-order valence-corrected chi connectivity index (χ1v) is 10.8. The normalized spacial score (nSPS) is 14.2. The van der Waals surface area contributed by atoms with Crippen LogP contribution >= 0.6 is 27.5 Å². The predicted octanol–water partition coefficient (Wildman–Crippen LogP) is 6.48. The lowest BCUT2D eigenvalue weighted by Crippen LogP contribution is -2.31. The van der Waals surface area contributed by atoms with E-state index in [2.05, 4.69) is 26.1 Å². The lowest BCUT2D eigenvalue weighted by molar-refractivity contribution is 0.102. The standard InChI is InChI=1S/C22H19BrClF2N3O/c1-12-20(22(30)28-19-11-17(26)16(25)10-15(19)24)14-9-13(23)5-6-18(14)27-21(12)29-7-3-2-4-8-29/h5-6,9-11H,2-4,7-8H2,1H3,(H,28,30). The molecule has 0 spiro atoms. The second-order valence-electron chi connectivity index (χ2n) is 7.34. The summed E-state index contributed by atoms with van der Waals surface area (Å²) in [7, 11) is 0. The highest BCUT2D eigenvalue weighted by molar-refractivity contribution is 9.10. The molecule has 2 heterocycles. The number of fused-ring (bicyclic) bond motifs is 1. The van der Waals surface area contributed by atoms with E-state index in [1.807, 2.05) is 25.1 Å². The van der Waals surface area contributed by atoms with Crippen molar-refractivity contribution in [1.82, 2.24) is 4.98 Å². The van der Waals surface area contributed by atoms with Crippen molar-refractivity contribution >= 4 is 55.8 Å². The smallest absolute Gasteiger partial charge is 0.256 e. The predicted molar refractivity (Wildman–Crippen MR) is 120 cm³/mol. The molecule has 1 aliphatic rings. The van der Waals surface area contributed by atoms with Gasteiger partial charge >= 0.3 is 0 Å². The first-order valence-electron chi connectivity index (χ1n) is 9.66. The van der Waals surface area contributed by atoms with Crippen molar-refractivity contribution in [1.29, 1.82) is 0 Å². The van der Waals surface area contributed by atoms with E-state index in [0.29, 0.717) is 16.5 Å². The third kappa shape index (κ3) is 4.01. The van der Waals surface area contributed by atoms with Gasteiger partial charge in [0.2, 0.25) is 0 Å². The fraction of sp³-hybridized carbons (Fsp3) is 0.273. The Morgan fingerprint density at radius 1 is 1.13 bits per heavy atom. The van der Waals surface area contributed by atoms with Crippen molar-refractivity contribution in [3.63, 3.8) is 0 Å². The zero-order valence-electron chi connectivity index (χ0n) is 16.2. The van der Waals surface area contributed by atoms with Crippen LogP contribution in [0.1, 0.15) is 35.2 Å². The maximum absolute atomic E-state index is 13.7. The van der Waals surface area contributed by atoms with Crippen LogP contribution in [0.25, 0.3) is 10.9 Å². The number of nitrogens with zero attached hydrogens (tertiary/aromatic N) is 2. The summed E-state index contributed by atoms with van der Waals surface area (Å²) >= 11 is 9.47. The molecule has 0 aliphatic carbocycles. The summed E-state index contributed by atoms with van der Waals surface area (Å²) in [6.07, 6.45) is 3.33. The number of aromatic nitrogens is 1. The van der Waals surface area contributed by atoms with E-state index in [0.717, 1.165) is 53.9 Å². The van der Waals surface area contributed by atoms with Crippen LogP contribution in [0.5, 0.6) is 0 Å². The largest absolute Gasteiger partial charge is 0.356 e. The molecule has 30 heavy (non-hydrogen) atoms. The summed E-state index contributed by atoms with van der Waals surface area (Å²) in [4.78, 5) is 20.3. The molecule has 8 heteroatoms. The van der Waals surface area contributed by atoms with Gasteiger partial charge in [0.25, 0.3) is 5.91 Å². The van der Waals surface area contributed by atoms with Gasteiger partial charge < -0.3 is 10.2 Å². The highest BCUT2D eigenvalue weighted by atomic mass is 79.9. The van der Waals surface area contributed by atoms with E-state index in [9.17, 15) is 13.6 Å². The number of anilines is 2. The van der Waals surface area contributed by atoms with E-state index in [1.165, 1.54) is 6.42 Å². The number of carbonyl (C=O) groups is 1. The van der Waals surface area contributed by atoms with E-state index in [-0.39, 0.29) is 10.7 Å². The third-order valence-corrected chi connectivity index (χ3v) is 6.11. The van der Waals surface area contributed by atoms with Crippen LogP contribution in [-0.2, 0) is 0 Å². The van der Waals surface area contributed by atoms with Crippen LogP contribution in [0.2, 0.25) is 5.02 Å². The number of hydrogen-bond acceptors (Lipinski definition) is 3. The molecule has 1 amide bonds. The Morgan fingerprint density at radius 2 is 1.83 bits per heavy atom. The lowest BCUT2D eigenvalue weighted by Gasteiger charge is -2.30. The summed E-state index contributed by atoms with van der Waals surface area (Å²) < 4.78 is 27.9. The number of carbonyl (C=O) groups excluding carboxylic acids is 1. The lowest BCUT2D eigenvalue weighted by atomic mass is 10.0. The van der Waals surface area contributed by atoms with Crippen LogP contribution in [0, 0.1) is 18.6 Å².